The van der Waals surface area contributed by atoms with Crippen LogP contribution in [0.2, 0.25) is 0 Å². The van der Waals surface area contributed by atoms with E-state index >= 15 is 0 Å². The van der Waals surface area contributed by atoms with Crippen molar-refractivity contribution in [2.75, 3.05) is 13.2 Å². The first-order valence-electron chi connectivity index (χ1n) is 10.8. The molecule has 0 N–H and O–H groups in total. The van der Waals surface area contributed by atoms with Gasteiger partial charge in [-0.15, -0.1) is 0 Å². The molecule has 0 saturated carbocycles. The smallest absolute Gasteiger partial charge is 0.144 e. The number of furan rings is 1. The molecule has 0 radical (unpaired) electrons. The van der Waals surface area contributed by atoms with Gasteiger partial charge in [-0.05, 0) is 78.6 Å². The van der Waals surface area contributed by atoms with Crippen LogP contribution in [0.5, 0.6) is 0 Å². The summed E-state index contributed by atoms with van der Waals surface area (Å²) >= 11 is 0. The van der Waals surface area contributed by atoms with Crippen molar-refractivity contribution in [1.82, 2.24) is 4.98 Å². The molecular formula is C27H22FNO2. The first-order valence-corrected chi connectivity index (χ1v) is 10.8. The molecule has 3 nitrogen and oxygen atoms in total. The van der Waals surface area contributed by atoms with Gasteiger partial charge in [-0.25, -0.2) is 4.39 Å². The SMILES string of the molecule is Cc1cc(-c2nccc3c(C4CCOCC4)cc(F)cc23)c2oc3ccccc3c2c1. The van der Waals surface area contributed by atoms with Gasteiger partial charge in [0.05, 0.1) is 5.69 Å². The number of aryl methyl sites for hydroxylation is 1. The maximum Gasteiger partial charge on any atom is 0.144 e. The molecule has 0 amide bonds. The fourth-order valence-electron chi connectivity index (χ4n) is 4.99. The van der Waals surface area contributed by atoms with Crippen molar-refractivity contribution in [2.45, 2.75) is 25.7 Å². The van der Waals surface area contributed by atoms with E-state index in [0.29, 0.717) is 5.92 Å². The molecule has 3 heterocycles. The lowest BCUT2D eigenvalue weighted by Crippen LogP contribution is -2.14. The Labute approximate surface area is 179 Å². The van der Waals surface area contributed by atoms with Crippen molar-refractivity contribution >= 4 is 32.7 Å². The summed E-state index contributed by atoms with van der Waals surface area (Å²) in [5.74, 6) is 0.0719. The van der Waals surface area contributed by atoms with Gasteiger partial charge in [0.15, 0.2) is 0 Å². The van der Waals surface area contributed by atoms with Gasteiger partial charge in [-0.3, -0.25) is 4.98 Å². The molecule has 154 valence electrons. The first kappa shape index (κ1) is 18.5. The minimum atomic E-state index is -0.225. The van der Waals surface area contributed by atoms with Crippen molar-refractivity contribution < 1.29 is 13.5 Å². The monoisotopic (exact) mass is 411 g/mol. The third-order valence-electron chi connectivity index (χ3n) is 6.42. The van der Waals surface area contributed by atoms with E-state index in [1.807, 2.05) is 30.5 Å². The number of para-hydroxylation sites is 1. The molecule has 5 aromatic rings. The maximum absolute atomic E-state index is 14.8. The van der Waals surface area contributed by atoms with Crippen LogP contribution in [0, 0.1) is 12.7 Å². The summed E-state index contributed by atoms with van der Waals surface area (Å²) in [6.07, 6.45) is 3.65. The Morgan fingerprint density at radius 2 is 1.74 bits per heavy atom. The quantitative estimate of drug-likeness (QED) is 0.310. The normalized spacial score (nSPS) is 15.3. The highest BCUT2D eigenvalue weighted by Crippen LogP contribution is 2.40. The fourth-order valence-corrected chi connectivity index (χ4v) is 4.99. The zero-order valence-corrected chi connectivity index (χ0v) is 17.3. The second-order valence-corrected chi connectivity index (χ2v) is 8.42. The van der Waals surface area contributed by atoms with Crippen molar-refractivity contribution in [2.24, 2.45) is 0 Å². The van der Waals surface area contributed by atoms with Crippen LogP contribution >= 0.6 is 0 Å². The molecule has 0 spiro atoms. The van der Waals surface area contributed by atoms with Crippen molar-refractivity contribution in [1.29, 1.82) is 0 Å². The van der Waals surface area contributed by atoms with E-state index in [4.69, 9.17) is 14.1 Å². The molecule has 0 atom stereocenters. The lowest BCUT2D eigenvalue weighted by molar-refractivity contribution is 0.0855. The molecule has 2 aromatic heterocycles. The molecular weight excluding hydrogens is 389 g/mol. The molecule has 6 rings (SSSR count). The number of halogens is 1. The number of rotatable bonds is 2. The van der Waals surface area contributed by atoms with Gasteiger partial charge < -0.3 is 9.15 Å². The van der Waals surface area contributed by atoms with Crippen LogP contribution in [0.15, 0.2) is 65.2 Å². The average molecular weight is 411 g/mol. The van der Waals surface area contributed by atoms with Gasteiger partial charge in [0.1, 0.15) is 17.0 Å². The number of hydrogen-bond acceptors (Lipinski definition) is 3. The van der Waals surface area contributed by atoms with Gasteiger partial charge in [0, 0.05) is 41.1 Å². The lowest BCUT2D eigenvalue weighted by Gasteiger charge is -2.24. The van der Waals surface area contributed by atoms with Gasteiger partial charge in [-0.2, -0.15) is 0 Å². The van der Waals surface area contributed by atoms with Crippen LogP contribution in [0.1, 0.15) is 29.9 Å². The molecule has 4 heteroatoms. The topological polar surface area (TPSA) is 35.3 Å². The van der Waals surface area contributed by atoms with E-state index in [1.54, 1.807) is 12.1 Å². The zero-order chi connectivity index (χ0) is 20.9. The lowest BCUT2D eigenvalue weighted by atomic mass is 9.87. The number of nitrogens with zero attached hydrogens (tertiary/aromatic N) is 1. The summed E-state index contributed by atoms with van der Waals surface area (Å²) in [4.78, 5) is 4.71. The third kappa shape index (κ3) is 3.02. The fraction of sp³-hybridized carbons (Fsp3) is 0.222. The Morgan fingerprint density at radius 3 is 2.61 bits per heavy atom. The molecule has 1 saturated heterocycles. The molecule has 0 bridgehead atoms. The summed E-state index contributed by atoms with van der Waals surface area (Å²) in [6, 6.07) is 17.6. The maximum atomic E-state index is 14.8. The standard InChI is InChI=1S/C27H22FNO2/c1-16-12-23-20-4-2-3-5-25(20)31-27(23)24(13-16)26-22-15-18(28)14-21(19(22)6-9-29-26)17-7-10-30-11-8-17/h2-6,9,12-15,17H,7-8,10-11H2,1H3. The van der Waals surface area contributed by atoms with Crippen molar-refractivity contribution in [3.63, 3.8) is 0 Å². The second kappa shape index (κ2) is 7.17. The molecule has 0 aliphatic carbocycles. The summed E-state index contributed by atoms with van der Waals surface area (Å²) in [5.41, 5.74) is 5.48. The number of pyridine rings is 1. The van der Waals surface area contributed by atoms with E-state index in [1.165, 1.54) is 0 Å². The largest absolute Gasteiger partial charge is 0.455 e. The molecule has 1 aliphatic rings. The van der Waals surface area contributed by atoms with E-state index in [9.17, 15) is 4.39 Å². The third-order valence-corrected chi connectivity index (χ3v) is 6.42. The van der Waals surface area contributed by atoms with Crippen LogP contribution in [-0.4, -0.2) is 18.2 Å². The van der Waals surface area contributed by atoms with E-state index in [0.717, 1.165) is 81.2 Å². The Morgan fingerprint density at radius 1 is 0.903 bits per heavy atom. The average Bonchev–Trinajstić information content (AvgIpc) is 3.17. The highest BCUT2D eigenvalue weighted by Gasteiger charge is 2.22. The van der Waals surface area contributed by atoms with Gasteiger partial charge >= 0.3 is 0 Å². The highest BCUT2D eigenvalue weighted by molar-refractivity contribution is 6.12. The predicted molar refractivity (Wildman–Crippen MR) is 122 cm³/mol. The molecule has 3 aromatic carbocycles. The van der Waals surface area contributed by atoms with Gasteiger partial charge in [-0.1, -0.05) is 18.2 Å². The van der Waals surface area contributed by atoms with Crippen LogP contribution in [0.3, 0.4) is 0 Å². The summed E-state index contributed by atoms with van der Waals surface area (Å²) in [5, 5.41) is 4.03. The van der Waals surface area contributed by atoms with Crippen LogP contribution in [-0.2, 0) is 4.74 Å². The summed E-state index contributed by atoms with van der Waals surface area (Å²) < 4.78 is 26.6. The van der Waals surface area contributed by atoms with Crippen molar-refractivity contribution in [3.05, 3.63) is 77.7 Å². The number of hydrogen-bond donors (Lipinski definition) is 0. The molecule has 1 aliphatic heterocycles. The summed E-state index contributed by atoms with van der Waals surface area (Å²) in [6.45, 7) is 3.51. The minimum Gasteiger partial charge on any atom is -0.455 e. The van der Waals surface area contributed by atoms with E-state index in [2.05, 4.69) is 25.1 Å². The van der Waals surface area contributed by atoms with Crippen molar-refractivity contribution in [3.8, 4) is 11.3 Å². The number of ether oxygens (including phenoxy) is 1. The Bertz CT molecular complexity index is 1450. The van der Waals surface area contributed by atoms with Crippen LogP contribution < -0.4 is 0 Å². The van der Waals surface area contributed by atoms with E-state index in [-0.39, 0.29) is 5.82 Å². The Kier molecular flexibility index (Phi) is 4.29. The Balaban J connectivity index is 1.65. The Hall–Kier alpha value is -3.24. The number of benzene rings is 3. The molecule has 31 heavy (non-hydrogen) atoms. The predicted octanol–water partition coefficient (Wildman–Crippen LogP) is 7.14. The second-order valence-electron chi connectivity index (χ2n) is 8.42. The zero-order valence-electron chi connectivity index (χ0n) is 17.3. The minimum absolute atomic E-state index is 0.225. The number of fused-ring (bicyclic) bond motifs is 4. The molecule has 1 fully saturated rings. The van der Waals surface area contributed by atoms with Gasteiger partial charge in [0.25, 0.3) is 0 Å². The number of aromatic nitrogens is 1. The van der Waals surface area contributed by atoms with Crippen LogP contribution in [0.25, 0.3) is 44.0 Å². The highest BCUT2D eigenvalue weighted by atomic mass is 19.1. The van der Waals surface area contributed by atoms with E-state index < -0.39 is 0 Å². The summed E-state index contributed by atoms with van der Waals surface area (Å²) in [7, 11) is 0. The van der Waals surface area contributed by atoms with Gasteiger partial charge in [0.2, 0.25) is 0 Å². The molecule has 0 unspecified atom stereocenters. The van der Waals surface area contributed by atoms with Crippen LogP contribution in [0.4, 0.5) is 4.39 Å². The first-order chi connectivity index (χ1) is 15.2.